The van der Waals surface area contributed by atoms with Gasteiger partial charge >= 0.3 is 0 Å². The van der Waals surface area contributed by atoms with Crippen LogP contribution in [0.15, 0.2) is 91.0 Å². The molecule has 1 fully saturated rings. The zero-order valence-corrected chi connectivity index (χ0v) is 24.6. The van der Waals surface area contributed by atoms with Crippen LogP contribution in [0.5, 0.6) is 0 Å². The molecule has 0 saturated carbocycles. The SMILES string of the molecule is O=C1C(=O)N(CC(=O)N(Cc2ccccc2)C(C(=O)Nc2ccc(N3CCOCC3)cc2)C2CC=CCC2)c2ccccc21. The molecule has 0 aromatic heterocycles. The predicted molar refractivity (Wildman–Crippen MR) is 168 cm³/mol. The van der Waals surface area contributed by atoms with Crippen LogP contribution in [-0.2, 0) is 25.7 Å². The number of anilines is 3. The summed E-state index contributed by atoms with van der Waals surface area (Å²) in [7, 11) is 0. The van der Waals surface area contributed by atoms with E-state index in [0.29, 0.717) is 31.0 Å². The zero-order chi connectivity index (χ0) is 30.5. The highest BCUT2D eigenvalue weighted by molar-refractivity contribution is 6.52. The molecule has 3 aliphatic rings. The average molecular weight is 593 g/mol. The summed E-state index contributed by atoms with van der Waals surface area (Å²) in [6, 6.07) is 23.2. The summed E-state index contributed by atoms with van der Waals surface area (Å²) in [5.41, 5.74) is 3.27. The predicted octanol–water partition coefficient (Wildman–Crippen LogP) is 4.44. The third kappa shape index (κ3) is 6.28. The van der Waals surface area contributed by atoms with Crippen LogP contribution in [0.3, 0.4) is 0 Å². The molecule has 1 N–H and O–H groups in total. The van der Waals surface area contributed by atoms with Crippen LogP contribution < -0.4 is 15.1 Å². The van der Waals surface area contributed by atoms with E-state index in [4.69, 9.17) is 4.74 Å². The van der Waals surface area contributed by atoms with Crippen molar-refractivity contribution in [3.8, 4) is 0 Å². The zero-order valence-electron chi connectivity index (χ0n) is 24.6. The Morgan fingerprint density at radius 1 is 0.909 bits per heavy atom. The van der Waals surface area contributed by atoms with E-state index < -0.39 is 23.6 Å². The van der Waals surface area contributed by atoms with Crippen molar-refractivity contribution in [2.24, 2.45) is 5.92 Å². The molecule has 1 aliphatic carbocycles. The number of benzene rings is 3. The van der Waals surface area contributed by atoms with E-state index in [2.05, 4.69) is 22.4 Å². The highest BCUT2D eigenvalue weighted by Gasteiger charge is 2.41. The highest BCUT2D eigenvalue weighted by Crippen LogP contribution is 2.31. The van der Waals surface area contributed by atoms with Crippen molar-refractivity contribution in [3.05, 3.63) is 102 Å². The van der Waals surface area contributed by atoms with Crippen molar-refractivity contribution >= 4 is 40.6 Å². The van der Waals surface area contributed by atoms with Crippen molar-refractivity contribution in [3.63, 3.8) is 0 Å². The Morgan fingerprint density at radius 3 is 2.36 bits per heavy atom. The number of nitrogens with one attached hydrogen (secondary N) is 1. The minimum absolute atomic E-state index is 0.122. The number of morpholine rings is 1. The topological polar surface area (TPSA) is 99.3 Å². The van der Waals surface area contributed by atoms with Gasteiger partial charge in [-0.2, -0.15) is 0 Å². The Kier molecular flexibility index (Phi) is 8.84. The first-order chi connectivity index (χ1) is 21.5. The molecule has 0 spiro atoms. The van der Waals surface area contributed by atoms with Gasteiger partial charge in [0.2, 0.25) is 11.8 Å². The molecule has 2 heterocycles. The van der Waals surface area contributed by atoms with Gasteiger partial charge in [0, 0.05) is 31.0 Å². The lowest BCUT2D eigenvalue weighted by Gasteiger charge is -2.37. The summed E-state index contributed by atoms with van der Waals surface area (Å²) < 4.78 is 5.46. The number of nitrogens with zero attached hydrogens (tertiary/aromatic N) is 3. The summed E-state index contributed by atoms with van der Waals surface area (Å²) in [6.45, 7) is 2.85. The van der Waals surface area contributed by atoms with Crippen LogP contribution in [-0.4, -0.2) is 67.3 Å². The van der Waals surface area contributed by atoms with Gasteiger partial charge < -0.3 is 19.9 Å². The Balaban J connectivity index is 1.29. The minimum atomic E-state index is -0.796. The van der Waals surface area contributed by atoms with Gasteiger partial charge in [-0.3, -0.25) is 24.1 Å². The monoisotopic (exact) mass is 592 g/mol. The number of hydrogen-bond acceptors (Lipinski definition) is 6. The molecule has 6 rings (SSSR count). The molecule has 2 aliphatic heterocycles. The lowest BCUT2D eigenvalue weighted by Crippen LogP contribution is -2.54. The van der Waals surface area contributed by atoms with E-state index in [1.807, 2.05) is 54.6 Å². The largest absolute Gasteiger partial charge is 0.378 e. The Labute approximate surface area is 257 Å². The molecule has 3 amide bonds. The van der Waals surface area contributed by atoms with E-state index >= 15 is 0 Å². The number of ketones is 1. The van der Waals surface area contributed by atoms with Crippen molar-refractivity contribution in [1.82, 2.24) is 4.90 Å². The molecule has 3 aromatic rings. The first-order valence-corrected chi connectivity index (χ1v) is 15.2. The van der Waals surface area contributed by atoms with Crippen molar-refractivity contribution in [2.45, 2.75) is 31.8 Å². The van der Waals surface area contributed by atoms with Gasteiger partial charge in [-0.25, -0.2) is 0 Å². The fourth-order valence-corrected chi connectivity index (χ4v) is 6.26. The number of carbonyl (C=O) groups excluding carboxylic acids is 4. The van der Waals surface area contributed by atoms with Crippen LogP contribution in [0.4, 0.5) is 17.1 Å². The van der Waals surface area contributed by atoms with E-state index in [-0.39, 0.29) is 30.5 Å². The Morgan fingerprint density at radius 2 is 1.64 bits per heavy atom. The quantitative estimate of drug-likeness (QED) is 0.291. The Hall–Kier alpha value is -4.76. The van der Waals surface area contributed by atoms with Gasteiger partial charge in [0.25, 0.3) is 11.7 Å². The first-order valence-electron chi connectivity index (χ1n) is 15.2. The van der Waals surface area contributed by atoms with Crippen LogP contribution in [0.25, 0.3) is 0 Å². The minimum Gasteiger partial charge on any atom is -0.378 e. The standard InChI is InChI=1S/C35H36N4O5/c40-31(24-38-30-14-8-7-13-29(30)33(41)35(38)43)39(23-25-9-3-1-4-10-25)32(26-11-5-2-6-12-26)34(42)36-27-15-17-28(18-16-27)37-19-21-44-22-20-37/h1-5,7-10,13-18,26,32H,6,11-12,19-24H2,(H,36,42). The van der Waals surface area contributed by atoms with Crippen LogP contribution >= 0.6 is 0 Å². The molecule has 9 nitrogen and oxygen atoms in total. The number of para-hydroxylation sites is 1. The van der Waals surface area contributed by atoms with E-state index in [0.717, 1.165) is 37.2 Å². The van der Waals surface area contributed by atoms with Gasteiger partial charge in [-0.05, 0) is 67.1 Å². The lowest BCUT2D eigenvalue weighted by molar-refractivity contribution is -0.140. The van der Waals surface area contributed by atoms with E-state index in [1.165, 1.54) is 4.90 Å². The van der Waals surface area contributed by atoms with Crippen LogP contribution in [0.1, 0.15) is 35.2 Å². The molecule has 1 saturated heterocycles. The summed E-state index contributed by atoms with van der Waals surface area (Å²) in [6.07, 6.45) is 6.37. The van der Waals surface area contributed by atoms with Crippen molar-refractivity contribution in [2.75, 3.05) is 48.0 Å². The fraction of sp³-hybridized carbons (Fsp3) is 0.314. The molecule has 226 valence electrons. The van der Waals surface area contributed by atoms with Gasteiger partial charge in [0.05, 0.1) is 24.5 Å². The van der Waals surface area contributed by atoms with Crippen molar-refractivity contribution < 1.29 is 23.9 Å². The summed E-state index contributed by atoms with van der Waals surface area (Å²) >= 11 is 0. The second-order valence-electron chi connectivity index (χ2n) is 11.4. The molecule has 9 heteroatoms. The van der Waals surface area contributed by atoms with Crippen LogP contribution in [0.2, 0.25) is 0 Å². The fourth-order valence-electron chi connectivity index (χ4n) is 6.26. The molecule has 2 atom stereocenters. The van der Waals surface area contributed by atoms with Gasteiger partial charge in [-0.1, -0.05) is 54.6 Å². The van der Waals surface area contributed by atoms with Gasteiger partial charge in [-0.15, -0.1) is 0 Å². The van der Waals surface area contributed by atoms with Gasteiger partial charge in [0.15, 0.2) is 0 Å². The molecule has 0 radical (unpaired) electrons. The van der Waals surface area contributed by atoms with E-state index in [1.54, 1.807) is 29.2 Å². The van der Waals surface area contributed by atoms with Crippen LogP contribution in [0, 0.1) is 5.92 Å². The highest BCUT2D eigenvalue weighted by atomic mass is 16.5. The smallest absolute Gasteiger partial charge is 0.299 e. The number of ether oxygens (including phenoxy) is 1. The number of amides is 3. The second kappa shape index (κ2) is 13.3. The Bertz CT molecular complexity index is 1550. The first kappa shape index (κ1) is 29.3. The third-order valence-corrected chi connectivity index (χ3v) is 8.56. The maximum absolute atomic E-state index is 14.2. The molecule has 3 aromatic carbocycles. The molecule has 0 bridgehead atoms. The molecule has 2 unspecified atom stereocenters. The third-order valence-electron chi connectivity index (χ3n) is 8.56. The summed E-state index contributed by atoms with van der Waals surface area (Å²) in [5.74, 6) is -2.16. The number of hydrogen-bond donors (Lipinski definition) is 1. The van der Waals surface area contributed by atoms with E-state index in [9.17, 15) is 19.2 Å². The van der Waals surface area contributed by atoms with Crippen molar-refractivity contribution in [1.29, 1.82) is 0 Å². The lowest BCUT2D eigenvalue weighted by atomic mass is 9.85. The number of fused-ring (bicyclic) bond motifs is 1. The number of Topliss-reactive ketones (excluding diaryl/α,β-unsaturated/α-hetero) is 1. The maximum Gasteiger partial charge on any atom is 0.299 e. The van der Waals surface area contributed by atoms with Gasteiger partial charge in [0.1, 0.15) is 12.6 Å². The molecule has 44 heavy (non-hydrogen) atoms. The number of allylic oxidation sites excluding steroid dienone is 2. The summed E-state index contributed by atoms with van der Waals surface area (Å²) in [5, 5.41) is 3.08. The number of rotatable bonds is 9. The number of carbonyl (C=O) groups is 4. The summed E-state index contributed by atoms with van der Waals surface area (Å²) in [4.78, 5) is 59.1. The average Bonchev–Trinajstić information content (AvgIpc) is 3.31. The molecular formula is C35H36N4O5. The second-order valence-corrected chi connectivity index (χ2v) is 11.4. The normalized spacial score (nSPS) is 18.6. The molecular weight excluding hydrogens is 556 g/mol. The maximum atomic E-state index is 14.2.